The number of rotatable bonds is 4. The third-order valence-corrected chi connectivity index (χ3v) is 7.40. The molecule has 0 unspecified atom stereocenters. The van der Waals surface area contributed by atoms with Crippen LogP contribution in [-0.2, 0) is 26.9 Å². The number of nitrogens with one attached hydrogen (secondary N) is 1. The lowest BCUT2D eigenvalue weighted by Crippen LogP contribution is -2.54. The van der Waals surface area contributed by atoms with Gasteiger partial charge in [0.2, 0.25) is 11.8 Å². The Morgan fingerprint density at radius 3 is 2.32 bits per heavy atom. The summed E-state index contributed by atoms with van der Waals surface area (Å²) in [6, 6.07) is 4.42. The van der Waals surface area contributed by atoms with Gasteiger partial charge >= 0.3 is 12.3 Å². The second-order valence-electron chi connectivity index (χ2n) is 10.2. The van der Waals surface area contributed by atoms with E-state index in [2.05, 4.69) is 10.2 Å². The zero-order valence-corrected chi connectivity index (χ0v) is 20.9. The molecule has 204 valence electrons. The minimum absolute atomic E-state index is 0.000240. The summed E-state index contributed by atoms with van der Waals surface area (Å²) >= 11 is 0. The lowest BCUT2D eigenvalue weighted by molar-refractivity contribution is -0.180. The van der Waals surface area contributed by atoms with E-state index in [0.29, 0.717) is 12.6 Å². The molecule has 3 aliphatic heterocycles. The molecule has 1 aromatic carbocycles. The average Bonchev–Trinajstić information content (AvgIpc) is 3.23. The van der Waals surface area contributed by atoms with Gasteiger partial charge in [-0.05, 0) is 32.0 Å². The van der Waals surface area contributed by atoms with Gasteiger partial charge in [0.05, 0.1) is 47.1 Å². The van der Waals surface area contributed by atoms with Crippen LogP contribution in [0.2, 0.25) is 0 Å². The summed E-state index contributed by atoms with van der Waals surface area (Å²) in [5, 5.41) is 34.7. The van der Waals surface area contributed by atoms with Crippen molar-refractivity contribution in [3.63, 3.8) is 0 Å². The number of amides is 1. The number of alkyl halides is 3. The van der Waals surface area contributed by atoms with Crippen LogP contribution in [-0.4, -0.2) is 83.1 Å². The summed E-state index contributed by atoms with van der Waals surface area (Å²) in [6.07, 6.45) is -5.37. The number of hydrogen-bond donors (Lipinski definition) is 3. The van der Waals surface area contributed by atoms with Crippen LogP contribution in [0.1, 0.15) is 36.1 Å². The van der Waals surface area contributed by atoms with Gasteiger partial charge in [-0.1, -0.05) is 0 Å². The van der Waals surface area contributed by atoms with Crippen LogP contribution in [0.5, 0.6) is 11.8 Å². The van der Waals surface area contributed by atoms with E-state index in [-0.39, 0.29) is 36.5 Å². The van der Waals surface area contributed by atoms with Crippen LogP contribution < -0.4 is 5.32 Å². The standard InChI is InChI=1S/C25H28F3N5O5/c1-23-13-32(22(36)37-10-9-31-7-5-30-6-8-31)14-24(2,38-23)19-18(23)20(34)33(21(19)35)16-4-3-15(12-29)17(11-16)25(26,27)28/h3-4,11,30,34-35H,5-10,13-14H2,1-2H3/t23-,24+. The molecule has 5 rings (SSSR count). The van der Waals surface area contributed by atoms with E-state index in [0.717, 1.165) is 36.8 Å². The molecule has 10 nitrogen and oxygen atoms in total. The van der Waals surface area contributed by atoms with E-state index in [1.54, 1.807) is 13.8 Å². The van der Waals surface area contributed by atoms with Gasteiger partial charge in [0.15, 0.2) is 0 Å². The van der Waals surface area contributed by atoms with Crippen LogP contribution >= 0.6 is 0 Å². The van der Waals surface area contributed by atoms with E-state index in [4.69, 9.17) is 14.7 Å². The van der Waals surface area contributed by atoms with E-state index < -0.39 is 46.4 Å². The highest BCUT2D eigenvalue weighted by Crippen LogP contribution is 2.59. The van der Waals surface area contributed by atoms with Gasteiger partial charge in [0.1, 0.15) is 17.8 Å². The smallest absolute Gasteiger partial charge is 0.417 e. The van der Waals surface area contributed by atoms with Gasteiger partial charge in [0.25, 0.3) is 0 Å². The molecule has 13 heteroatoms. The maximum atomic E-state index is 13.6. The van der Waals surface area contributed by atoms with Crippen molar-refractivity contribution in [3.8, 4) is 23.5 Å². The third-order valence-electron chi connectivity index (χ3n) is 7.40. The van der Waals surface area contributed by atoms with Gasteiger partial charge in [-0.3, -0.25) is 9.47 Å². The first-order valence-corrected chi connectivity index (χ1v) is 12.2. The minimum Gasteiger partial charge on any atom is -0.494 e. The SMILES string of the molecule is C[C@]12CN(C(=O)OCCN3CCNCC3)C[C@](C)(O1)c1c2c(O)n(-c2ccc(C#N)c(C(F)(F)F)c2)c1O. The molecular formula is C25H28F3N5O5. The lowest BCUT2D eigenvalue weighted by Gasteiger charge is -2.43. The minimum atomic E-state index is -4.81. The fraction of sp³-hybridized carbons (Fsp3) is 0.520. The van der Waals surface area contributed by atoms with Crippen LogP contribution in [0.25, 0.3) is 5.69 Å². The molecule has 2 bridgehead atoms. The summed E-state index contributed by atoms with van der Waals surface area (Å²) in [4.78, 5) is 16.6. The highest BCUT2D eigenvalue weighted by Gasteiger charge is 2.60. The first-order valence-electron chi connectivity index (χ1n) is 12.2. The Labute approximate surface area is 216 Å². The van der Waals surface area contributed by atoms with Crippen LogP contribution in [0, 0.1) is 11.3 Å². The Balaban J connectivity index is 1.42. The first kappa shape index (κ1) is 26.1. The monoisotopic (exact) mass is 535 g/mol. The second kappa shape index (κ2) is 9.07. The number of hydrogen-bond acceptors (Lipinski definition) is 8. The second-order valence-corrected chi connectivity index (χ2v) is 10.2. The van der Waals surface area contributed by atoms with E-state index in [1.165, 1.54) is 17.0 Å². The number of benzene rings is 1. The number of piperazine rings is 1. The van der Waals surface area contributed by atoms with Gasteiger partial charge in [-0.25, -0.2) is 4.79 Å². The molecule has 0 radical (unpaired) electrons. The van der Waals surface area contributed by atoms with Crippen molar-refractivity contribution in [2.45, 2.75) is 31.2 Å². The highest BCUT2D eigenvalue weighted by atomic mass is 19.4. The molecule has 2 saturated heterocycles. The molecule has 3 aliphatic rings. The van der Waals surface area contributed by atoms with E-state index in [9.17, 15) is 28.2 Å². The Kier molecular flexibility index (Phi) is 6.24. The lowest BCUT2D eigenvalue weighted by atomic mass is 9.94. The molecule has 0 saturated carbocycles. The Morgan fingerprint density at radius 1 is 1.16 bits per heavy atom. The van der Waals surface area contributed by atoms with Gasteiger partial charge in [0, 0.05) is 32.7 Å². The number of morpholine rings is 1. The largest absolute Gasteiger partial charge is 0.494 e. The van der Waals surface area contributed by atoms with Crippen molar-refractivity contribution in [2.75, 3.05) is 52.4 Å². The summed E-state index contributed by atoms with van der Waals surface area (Å²) in [7, 11) is 0. The molecule has 1 amide bonds. The molecule has 2 aromatic rings. The first-order chi connectivity index (χ1) is 17.9. The van der Waals surface area contributed by atoms with Gasteiger partial charge < -0.3 is 29.9 Å². The Bertz CT molecular complexity index is 1270. The molecule has 2 fully saturated rings. The number of carbonyl (C=O) groups excluding carboxylic acids is 1. The summed E-state index contributed by atoms with van der Waals surface area (Å²) in [5.74, 6) is -1.01. The van der Waals surface area contributed by atoms with Crippen LogP contribution in [0.15, 0.2) is 18.2 Å². The zero-order valence-electron chi connectivity index (χ0n) is 20.9. The highest BCUT2D eigenvalue weighted by molar-refractivity contribution is 5.70. The van der Waals surface area contributed by atoms with Crippen molar-refractivity contribution in [1.82, 2.24) is 19.7 Å². The predicted octanol–water partition coefficient (Wildman–Crippen LogP) is 2.60. The van der Waals surface area contributed by atoms with Gasteiger partial charge in [-0.2, -0.15) is 18.4 Å². The molecule has 0 aliphatic carbocycles. The van der Waals surface area contributed by atoms with Gasteiger partial charge in [-0.15, -0.1) is 0 Å². The third kappa shape index (κ3) is 4.22. The van der Waals surface area contributed by atoms with Crippen LogP contribution in [0.4, 0.5) is 18.0 Å². The topological polar surface area (TPSA) is 123 Å². The normalized spacial score (nSPS) is 25.2. The maximum absolute atomic E-state index is 13.6. The number of aromatic nitrogens is 1. The number of nitriles is 1. The summed E-state index contributed by atoms with van der Waals surface area (Å²) < 4.78 is 53.3. The predicted molar refractivity (Wildman–Crippen MR) is 127 cm³/mol. The number of halogens is 3. The molecule has 4 heterocycles. The maximum Gasteiger partial charge on any atom is 0.417 e. The molecule has 2 atom stereocenters. The molecule has 1 aromatic heterocycles. The average molecular weight is 536 g/mol. The van der Waals surface area contributed by atoms with Crippen molar-refractivity contribution in [3.05, 3.63) is 40.5 Å². The van der Waals surface area contributed by atoms with Crippen molar-refractivity contribution in [2.24, 2.45) is 0 Å². The van der Waals surface area contributed by atoms with Crippen LogP contribution in [0.3, 0.4) is 0 Å². The number of nitrogens with zero attached hydrogens (tertiary/aromatic N) is 4. The Hall–Kier alpha value is -3.47. The fourth-order valence-corrected chi connectivity index (χ4v) is 5.82. The quantitative estimate of drug-likeness (QED) is 0.546. The Morgan fingerprint density at radius 2 is 1.76 bits per heavy atom. The molecular weight excluding hydrogens is 507 g/mol. The summed E-state index contributed by atoms with van der Waals surface area (Å²) in [6.45, 7) is 7.58. The number of ether oxygens (including phenoxy) is 2. The summed E-state index contributed by atoms with van der Waals surface area (Å²) in [5.41, 5.74) is -4.08. The zero-order chi connectivity index (χ0) is 27.5. The molecule has 0 spiro atoms. The number of carbonyl (C=O) groups is 1. The van der Waals surface area contributed by atoms with Crippen molar-refractivity contribution in [1.29, 1.82) is 5.26 Å². The van der Waals surface area contributed by atoms with E-state index >= 15 is 0 Å². The van der Waals surface area contributed by atoms with E-state index in [1.807, 2.05) is 0 Å². The fourth-order valence-electron chi connectivity index (χ4n) is 5.82. The number of aromatic hydroxyl groups is 2. The number of fused-ring (bicyclic) bond motifs is 5. The van der Waals surface area contributed by atoms with Crippen molar-refractivity contribution >= 4 is 6.09 Å². The molecule has 3 N–H and O–H groups in total. The molecule has 38 heavy (non-hydrogen) atoms. The van der Waals surface area contributed by atoms with Crippen molar-refractivity contribution < 1.29 is 37.7 Å².